The highest BCUT2D eigenvalue weighted by Gasteiger charge is 2.10. The van der Waals surface area contributed by atoms with Crippen molar-refractivity contribution in [2.45, 2.75) is 26.7 Å². The molecule has 0 fully saturated rings. The van der Waals surface area contributed by atoms with Crippen molar-refractivity contribution in [3.63, 3.8) is 0 Å². The molecule has 0 aromatic heterocycles. The van der Waals surface area contributed by atoms with Gasteiger partial charge in [-0.3, -0.25) is 14.8 Å². The summed E-state index contributed by atoms with van der Waals surface area (Å²) in [5.74, 6) is 0.386. The molecule has 0 aliphatic carbocycles. The molecule has 2 unspecified atom stereocenters. The van der Waals surface area contributed by atoms with Gasteiger partial charge in [-0.05, 0) is 11.8 Å². The van der Waals surface area contributed by atoms with E-state index >= 15 is 0 Å². The standard InChI is InChI=1S/C13H24N2O3/c1-11(9-14-3-5-16)7-13(18)8-12(2)10-15-4-6-17/h9-12,16-17H,3-8H2,1-2H3. The molecule has 0 heterocycles. The minimum atomic E-state index is 0.0372. The number of carbonyl (C=O) groups excluding carboxylic acids is 1. The highest BCUT2D eigenvalue weighted by Crippen LogP contribution is 2.07. The lowest BCUT2D eigenvalue weighted by atomic mass is 9.98. The van der Waals surface area contributed by atoms with Crippen LogP contribution in [0.3, 0.4) is 0 Å². The molecule has 0 radical (unpaired) electrons. The van der Waals surface area contributed by atoms with Gasteiger partial charge >= 0.3 is 0 Å². The van der Waals surface area contributed by atoms with Crippen molar-refractivity contribution < 1.29 is 15.0 Å². The maximum Gasteiger partial charge on any atom is 0.134 e. The smallest absolute Gasteiger partial charge is 0.134 e. The molecule has 5 heteroatoms. The Morgan fingerprint density at radius 3 is 1.72 bits per heavy atom. The van der Waals surface area contributed by atoms with Gasteiger partial charge in [0.2, 0.25) is 0 Å². The van der Waals surface area contributed by atoms with Crippen LogP contribution in [0.5, 0.6) is 0 Å². The molecule has 2 atom stereocenters. The summed E-state index contributed by atoms with van der Waals surface area (Å²) < 4.78 is 0. The van der Waals surface area contributed by atoms with Gasteiger partial charge in [0.15, 0.2) is 0 Å². The molecule has 0 bridgehead atoms. The molecule has 18 heavy (non-hydrogen) atoms. The highest BCUT2D eigenvalue weighted by molar-refractivity contribution is 5.84. The Labute approximate surface area is 109 Å². The molecule has 5 nitrogen and oxygen atoms in total. The zero-order chi connectivity index (χ0) is 13.8. The van der Waals surface area contributed by atoms with Gasteiger partial charge in [0.05, 0.1) is 26.3 Å². The van der Waals surface area contributed by atoms with Gasteiger partial charge in [0.1, 0.15) is 5.78 Å². The summed E-state index contributed by atoms with van der Waals surface area (Å²) in [6.07, 6.45) is 4.37. The fourth-order valence-electron chi connectivity index (χ4n) is 1.53. The summed E-state index contributed by atoms with van der Waals surface area (Å²) in [5, 5.41) is 17.1. The zero-order valence-electron chi connectivity index (χ0n) is 11.2. The van der Waals surface area contributed by atoms with Crippen LogP contribution < -0.4 is 0 Å². The quantitative estimate of drug-likeness (QED) is 0.565. The maximum absolute atomic E-state index is 11.7. The molecule has 0 spiro atoms. The lowest BCUT2D eigenvalue weighted by Crippen LogP contribution is -2.11. The average molecular weight is 256 g/mol. The molecule has 0 saturated carbocycles. The van der Waals surface area contributed by atoms with E-state index in [1.807, 2.05) is 13.8 Å². The van der Waals surface area contributed by atoms with E-state index in [9.17, 15) is 4.79 Å². The number of nitrogens with zero attached hydrogens (tertiary/aromatic N) is 2. The second-order valence-corrected chi connectivity index (χ2v) is 4.46. The second-order valence-electron chi connectivity index (χ2n) is 4.46. The predicted octanol–water partition coefficient (Wildman–Crippen LogP) is 0.734. The summed E-state index contributed by atoms with van der Waals surface area (Å²) in [6, 6.07) is 0. The first-order chi connectivity index (χ1) is 8.60. The van der Waals surface area contributed by atoms with Crippen LogP contribution in [-0.4, -0.2) is 54.7 Å². The van der Waals surface area contributed by atoms with Gasteiger partial charge in [0, 0.05) is 25.3 Å². The number of hydrogen-bond acceptors (Lipinski definition) is 5. The third-order valence-electron chi connectivity index (χ3n) is 2.28. The van der Waals surface area contributed by atoms with Gasteiger partial charge < -0.3 is 10.2 Å². The van der Waals surface area contributed by atoms with Gasteiger partial charge in [-0.1, -0.05) is 13.8 Å². The Bertz CT molecular complexity index is 251. The van der Waals surface area contributed by atoms with Crippen LogP contribution in [0, 0.1) is 11.8 Å². The topological polar surface area (TPSA) is 82.2 Å². The maximum atomic E-state index is 11.7. The highest BCUT2D eigenvalue weighted by atomic mass is 16.3. The molecule has 104 valence electrons. The second kappa shape index (κ2) is 11.0. The van der Waals surface area contributed by atoms with E-state index in [0.717, 1.165) is 0 Å². The number of aliphatic hydroxyl groups excluding tert-OH is 2. The third-order valence-corrected chi connectivity index (χ3v) is 2.28. The number of Topliss-reactive ketones (excluding diaryl/α,β-unsaturated/α-hetero) is 1. The normalized spacial score (nSPS) is 15.3. The van der Waals surface area contributed by atoms with Crippen LogP contribution >= 0.6 is 0 Å². The Morgan fingerprint density at radius 1 is 1.00 bits per heavy atom. The lowest BCUT2D eigenvalue weighted by molar-refractivity contribution is -0.119. The number of aliphatic hydroxyl groups is 2. The van der Waals surface area contributed by atoms with Crippen LogP contribution in [0.15, 0.2) is 9.98 Å². The van der Waals surface area contributed by atoms with Gasteiger partial charge in [-0.15, -0.1) is 0 Å². The molecule has 0 aliphatic heterocycles. The first-order valence-electron chi connectivity index (χ1n) is 6.33. The molecular formula is C13H24N2O3. The first kappa shape index (κ1) is 16.9. The van der Waals surface area contributed by atoms with Crippen molar-refractivity contribution >= 4 is 18.2 Å². The Hall–Kier alpha value is -1.07. The minimum Gasteiger partial charge on any atom is -0.394 e. The van der Waals surface area contributed by atoms with Crippen molar-refractivity contribution in [2.75, 3.05) is 26.3 Å². The minimum absolute atomic E-state index is 0.0372. The van der Waals surface area contributed by atoms with Crippen molar-refractivity contribution in [1.82, 2.24) is 0 Å². The molecule has 2 N–H and O–H groups in total. The van der Waals surface area contributed by atoms with E-state index in [1.54, 1.807) is 12.4 Å². The molecule has 0 amide bonds. The van der Waals surface area contributed by atoms with Crippen LogP contribution in [0.25, 0.3) is 0 Å². The largest absolute Gasteiger partial charge is 0.394 e. The van der Waals surface area contributed by atoms with E-state index < -0.39 is 0 Å². The van der Waals surface area contributed by atoms with E-state index in [1.165, 1.54) is 0 Å². The van der Waals surface area contributed by atoms with Crippen LogP contribution in [-0.2, 0) is 4.79 Å². The summed E-state index contributed by atoms with van der Waals surface area (Å²) in [7, 11) is 0. The molecule has 0 rings (SSSR count). The Balaban J connectivity index is 3.88. The number of carbonyl (C=O) groups is 1. The fourth-order valence-corrected chi connectivity index (χ4v) is 1.53. The number of aliphatic imine (C=N–C) groups is 2. The molecule has 0 aromatic carbocycles. The average Bonchev–Trinajstić information content (AvgIpc) is 2.29. The van der Waals surface area contributed by atoms with Crippen molar-refractivity contribution in [1.29, 1.82) is 0 Å². The van der Waals surface area contributed by atoms with E-state index in [4.69, 9.17) is 10.2 Å². The van der Waals surface area contributed by atoms with Gasteiger partial charge in [0.25, 0.3) is 0 Å². The van der Waals surface area contributed by atoms with Crippen molar-refractivity contribution in [3.05, 3.63) is 0 Å². The Kier molecular flexibility index (Phi) is 10.4. The zero-order valence-corrected chi connectivity index (χ0v) is 11.2. The van der Waals surface area contributed by atoms with E-state index in [2.05, 4.69) is 9.98 Å². The fraction of sp³-hybridized carbons (Fsp3) is 0.769. The van der Waals surface area contributed by atoms with E-state index in [0.29, 0.717) is 25.9 Å². The van der Waals surface area contributed by atoms with E-state index in [-0.39, 0.29) is 30.8 Å². The first-order valence-corrected chi connectivity index (χ1v) is 6.33. The molecular weight excluding hydrogens is 232 g/mol. The number of rotatable bonds is 10. The number of hydrogen-bond donors (Lipinski definition) is 2. The molecule has 0 saturated heterocycles. The van der Waals surface area contributed by atoms with Crippen LogP contribution in [0.2, 0.25) is 0 Å². The third kappa shape index (κ3) is 10.1. The SMILES string of the molecule is CC(C=NCCO)CC(=O)CC(C)C=NCCO. The van der Waals surface area contributed by atoms with Crippen molar-refractivity contribution in [3.8, 4) is 0 Å². The summed E-state index contributed by atoms with van der Waals surface area (Å²) in [5.41, 5.74) is 0. The van der Waals surface area contributed by atoms with Gasteiger partial charge in [-0.25, -0.2) is 0 Å². The van der Waals surface area contributed by atoms with Crippen LogP contribution in [0.4, 0.5) is 0 Å². The summed E-state index contributed by atoms with van der Waals surface area (Å²) >= 11 is 0. The lowest BCUT2D eigenvalue weighted by Gasteiger charge is -2.07. The van der Waals surface area contributed by atoms with Crippen LogP contribution in [0.1, 0.15) is 26.7 Å². The number of ketones is 1. The van der Waals surface area contributed by atoms with Gasteiger partial charge in [-0.2, -0.15) is 0 Å². The molecule has 0 aromatic rings. The Morgan fingerprint density at radius 2 is 1.39 bits per heavy atom. The van der Waals surface area contributed by atoms with Crippen molar-refractivity contribution in [2.24, 2.45) is 21.8 Å². The summed E-state index contributed by atoms with van der Waals surface area (Å²) in [4.78, 5) is 19.7. The monoisotopic (exact) mass is 256 g/mol. The molecule has 0 aliphatic rings. The summed E-state index contributed by atoms with van der Waals surface area (Å²) in [6.45, 7) is 4.73. The predicted molar refractivity (Wildman–Crippen MR) is 73.5 cm³/mol.